The quantitative estimate of drug-likeness (QED) is 0.848. The number of hydrogen-bond acceptors (Lipinski definition) is 2. The van der Waals surface area contributed by atoms with Crippen molar-refractivity contribution < 1.29 is 4.42 Å². The van der Waals surface area contributed by atoms with Gasteiger partial charge in [0.05, 0.1) is 0 Å². The van der Waals surface area contributed by atoms with Gasteiger partial charge >= 0.3 is 0 Å². The SMILES string of the molecule is CNCc1cccc(Cc2ccc(C)o2)c1. The first-order chi connectivity index (χ1) is 7.78. The molecule has 2 heteroatoms. The van der Waals surface area contributed by atoms with E-state index in [9.17, 15) is 0 Å². The summed E-state index contributed by atoms with van der Waals surface area (Å²) in [6.45, 7) is 2.88. The molecule has 1 aromatic carbocycles. The Kier molecular flexibility index (Phi) is 3.42. The first-order valence-corrected chi connectivity index (χ1v) is 5.55. The fourth-order valence-corrected chi connectivity index (χ4v) is 1.84. The Labute approximate surface area is 96.3 Å². The van der Waals surface area contributed by atoms with E-state index < -0.39 is 0 Å². The number of benzene rings is 1. The molecular weight excluding hydrogens is 198 g/mol. The molecule has 0 bridgehead atoms. The van der Waals surface area contributed by atoms with E-state index in [1.807, 2.05) is 26.1 Å². The molecule has 1 aromatic heterocycles. The minimum absolute atomic E-state index is 0.866. The van der Waals surface area contributed by atoms with Gasteiger partial charge in [-0.05, 0) is 37.2 Å². The van der Waals surface area contributed by atoms with Crippen LogP contribution in [0, 0.1) is 6.92 Å². The first kappa shape index (κ1) is 11.0. The van der Waals surface area contributed by atoms with Gasteiger partial charge in [-0.3, -0.25) is 0 Å². The molecule has 2 aromatic rings. The van der Waals surface area contributed by atoms with Gasteiger partial charge in [0, 0.05) is 13.0 Å². The van der Waals surface area contributed by atoms with E-state index in [0.29, 0.717) is 0 Å². The third-order valence-corrected chi connectivity index (χ3v) is 2.55. The van der Waals surface area contributed by atoms with Crippen LogP contribution in [-0.2, 0) is 13.0 Å². The molecule has 16 heavy (non-hydrogen) atoms. The van der Waals surface area contributed by atoms with Gasteiger partial charge in [-0.15, -0.1) is 0 Å². The molecule has 1 N–H and O–H groups in total. The van der Waals surface area contributed by atoms with Gasteiger partial charge in [-0.25, -0.2) is 0 Å². The molecule has 0 aliphatic rings. The minimum atomic E-state index is 0.866. The van der Waals surface area contributed by atoms with Gasteiger partial charge in [0.25, 0.3) is 0 Å². The number of hydrogen-bond donors (Lipinski definition) is 1. The van der Waals surface area contributed by atoms with Crippen LogP contribution in [0.4, 0.5) is 0 Å². The molecule has 0 saturated carbocycles. The molecule has 0 spiro atoms. The largest absolute Gasteiger partial charge is 0.466 e. The van der Waals surface area contributed by atoms with E-state index in [-0.39, 0.29) is 0 Å². The summed E-state index contributed by atoms with van der Waals surface area (Å²) >= 11 is 0. The van der Waals surface area contributed by atoms with Crippen LogP contribution in [-0.4, -0.2) is 7.05 Å². The maximum absolute atomic E-state index is 5.57. The van der Waals surface area contributed by atoms with E-state index in [1.165, 1.54) is 11.1 Å². The summed E-state index contributed by atoms with van der Waals surface area (Å²) in [5.41, 5.74) is 2.60. The number of nitrogens with one attached hydrogen (secondary N) is 1. The third-order valence-electron chi connectivity index (χ3n) is 2.55. The van der Waals surface area contributed by atoms with Crippen molar-refractivity contribution in [1.82, 2.24) is 5.32 Å². The van der Waals surface area contributed by atoms with Gasteiger partial charge in [0.15, 0.2) is 0 Å². The fraction of sp³-hybridized carbons (Fsp3) is 0.286. The predicted octanol–water partition coefficient (Wildman–Crippen LogP) is 2.90. The van der Waals surface area contributed by atoms with Crippen LogP contribution in [0.3, 0.4) is 0 Å². The van der Waals surface area contributed by atoms with Crippen molar-refractivity contribution in [2.24, 2.45) is 0 Å². The van der Waals surface area contributed by atoms with Crippen LogP contribution >= 0.6 is 0 Å². The van der Waals surface area contributed by atoms with Crippen molar-refractivity contribution in [3.8, 4) is 0 Å². The second-order valence-electron chi connectivity index (χ2n) is 4.04. The van der Waals surface area contributed by atoms with Crippen LogP contribution in [0.2, 0.25) is 0 Å². The van der Waals surface area contributed by atoms with Crippen LogP contribution in [0.25, 0.3) is 0 Å². The maximum atomic E-state index is 5.57. The van der Waals surface area contributed by atoms with Crippen molar-refractivity contribution in [2.45, 2.75) is 19.9 Å². The smallest absolute Gasteiger partial charge is 0.108 e. The highest BCUT2D eigenvalue weighted by molar-refractivity contribution is 5.26. The van der Waals surface area contributed by atoms with Gasteiger partial charge in [-0.1, -0.05) is 24.3 Å². The lowest BCUT2D eigenvalue weighted by molar-refractivity contribution is 0.493. The average molecular weight is 215 g/mol. The van der Waals surface area contributed by atoms with E-state index in [4.69, 9.17) is 4.42 Å². The summed E-state index contributed by atoms with van der Waals surface area (Å²) in [6.07, 6.45) is 0.866. The zero-order valence-electron chi connectivity index (χ0n) is 9.79. The standard InChI is InChI=1S/C14H17NO/c1-11-6-7-14(16-11)9-12-4-3-5-13(8-12)10-15-2/h3-8,15H,9-10H2,1-2H3. The van der Waals surface area contributed by atoms with Crippen molar-refractivity contribution in [3.05, 3.63) is 59.0 Å². The molecule has 2 nitrogen and oxygen atoms in total. The number of furan rings is 1. The monoisotopic (exact) mass is 215 g/mol. The van der Waals surface area contributed by atoms with E-state index in [0.717, 1.165) is 24.5 Å². The van der Waals surface area contributed by atoms with Crippen molar-refractivity contribution in [3.63, 3.8) is 0 Å². The molecule has 0 aliphatic carbocycles. The van der Waals surface area contributed by atoms with Crippen LogP contribution < -0.4 is 5.32 Å². The summed E-state index contributed by atoms with van der Waals surface area (Å²) < 4.78 is 5.57. The maximum Gasteiger partial charge on any atom is 0.108 e. The fourth-order valence-electron chi connectivity index (χ4n) is 1.84. The van der Waals surface area contributed by atoms with E-state index >= 15 is 0 Å². The molecule has 2 rings (SSSR count). The average Bonchev–Trinajstić information content (AvgIpc) is 2.65. The van der Waals surface area contributed by atoms with Crippen LogP contribution in [0.5, 0.6) is 0 Å². The van der Waals surface area contributed by atoms with Crippen LogP contribution in [0.1, 0.15) is 22.6 Å². The first-order valence-electron chi connectivity index (χ1n) is 5.55. The molecule has 0 radical (unpaired) electrons. The Bertz CT molecular complexity index is 459. The lowest BCUT2D eigenvalue weighted by Gasteiger charge is -2.03. The van der Waals surface area contributed by atoms with Gasteiger partial charge < -0.3 is 9.73 Å². The third kappa shape index (κ3) is 2.74. The van der Waals surface area contributed by atoms with Crippen LogP contribution in [0.15, 0.2) is 40.8 Å². The highest BCUT2D eigenvalue weighted by atomic mass is 16.3. The zero-order valence-corrected chi connectivity index (χ0v) is 9.79. The summed E-state index contributed by atoms with van der Waals surface area (Å²) in [6, 6.07) is 12.6. The van der Waals surface area contributed by atoms with Gasteiger partial charge in [0.2, 0.25) is 0 Å². The highest BCUT2D eigenvalue weighted by Gasteiger charge is 2.01. The zero-order chi connectivity index (χ0) is 11.4. The second-order valence-corrected chi connectivity index (χ2v) is 4.04. The molecule has 0 saturated heterocycles. The summed E-state index contributed by atoms with van der Waals surface area (Å²) in [7, 11) is 1.96. The second kappa shape index (κ2) is 4.99. The lowest BCUT2D eigenvalue weighted by Crippen LogP contribution is -2.05. The van der Waals surface area contributed by atoms with E-state index in [1.54, 1.807) is 0 Å². The molecule has 0 atom stereocenters. The summed E-state index contributed by atoms with van der Waals surface area (Å²) in [5, 5.41) is 3.16. The topological polar surface area (TPSA) is 25.2 Å². The number of rotatable bonds is 4. The Hall–Kier alpha value is -1.54. The Morgan fingerprint density at radius 1 is 1.12 bits per heavy atom. The Morgan fingerprint density at radius 2 is 1.94 bits per heavy atom. The Morgan fingerprint density at radius 3 is 2.62 bits per heavy atom. The molecular formula is C14H17NO. The molecule has 0 aliphatic heterocycles. The van der Waals surface area contributed by atoms with Crippen molar-refractivity contribution in [2.75, 3.05) is 7.05 Å². The normalized spacial score (nSPS) is 10.6. The number of aryl methyl sites for hydroxylation is 1. The van der Waals surface area contributed by atoms with Gasteiger partial charge in [0.1, 0.15) is 11.5 Å². The molecule has 0 amide bonds. The predicted molar refractivity (Wildman–Crippen MR) is 65.5 cm³/mol. The molecule has 0 unspecified atom stereocenters. The van der Waals surface area contributed by atoms with Crippen molar-refractivity contribution >= 4 is 0 Å². The lowest BCUT2D eigenvalue weighted by atomic mass is 10.1. The molecule has 84 valence electrons. The molecule has 0 fully saturated rings. The highest BCUT2D eigenvalue weighted by Crippen LogP contribution is 2.14. The van der Waals surface area contributed by atoms with Gasteiger partial charge in [-0.2, -0.15) is 0 Å². The minimum Gasteiger partial charge on any atom is -0.466 e. The van der Waals surface area contributed by atoms with E-state index in [2.05, 4.69) is 29.6 Å². The summed E-state index contributed by atoms with van der Waals surface area (Å²) in [5.74, 6) is 2.00. The Balaban J connectivity index is 2.12. The molecule has 1 heterocycles. The summed E-state index contributed by atoms with van der Waals surface area (Å²) in [4.78, 5) is 0. The van der Waals surface area contributed by atoms with Crippen molar-refractivity contribution in [1.29, 1.82) is 0 Å².